The summed E-state index contributed by atoms with van der Waals surface area (Å²) in [5.41, 5.74) is 9.50. The number of carbonyl (C=O) groups excluding carboxylic acids is 1. The van der Waals surface area contributed by atoms with E-state index in [1.54, 1.807) is 14.2 Å². The van der Waals surface area contributed by atoms with Crippen molar-refractivity contribution < 1.29 is 14.3 Å². The second kappa shape index (κ2) is 7.16. The molecule has 3 aromatic carbocycles. The zero-order valence-electron chi connectivity index (χ0n) is 17.5. The maximum atomic E-state index is 13.6. The van der Waals surface area contributed by atoms with Crippen LogP contribution in [0.2, 0.25) is 0 Å². The van der Waals surface area contributed by atoms with Gasteiger partial charge in [0.05, 0.1) is 13.7 Å². The molecule has 2 N–H and O–H groups in total. The Bertz CT molecular complexity index is 1220. The molecule has 0 bridgehead atoms. The number of hydrogen-bond acceptors (Lipinski definition) is 5. The average Bonchev–Trinajstić information content (AvgIpc) is 3.37. The third kappa shape index (κ3) is 2.94. The van der Waals surface area contributed by atoms with E-state index in [0.717, 1.165) is 45.7 Å². The van der Waals surface area contributed by atoms with Crippen LogP contribution in [0.4, 0.5) is 0 Å². The molecule has 0 aliphatic carbocycles. The SMILES string of the molecule is COc1cccc(-c2cccc(C3(c4ccc5c(c4)CCO5)N=C(N)N(C)C3=O)c2)c1. The van der Waals surface area contributed by atoms with Crippen molar-refractivity contribution in [1.82, 2.24) is 4.90 Å². The normalized spacial score (nSPS) is 19.7. The quantitative estimate of drug-likeness (QED) is 0.712. The van der Waals surface area contributed by atoms with Gasteiger partial charge in [-0.25, -0.2) is 4.99 Å². The highest BCUT2D eigenvalue weighted by Gasteiger charge is 2.49. The van der Waals surface area contributed by atoms with Gasteiger partial charge in [0.25, 0.3) is 5.91 Å². The van der Waals surface area contributed by atoms with E-state index in [9.17, 15) is 4.79 Å². The molecule has 0 fully saturated rings. The maximum absolute atomic E-state index is 13.6. The van der Waals surface area contributed by atoms with Crippen molar-refractivity contribution in [3.8, 4) is 22.6 Å². The first-order valence-corrected chi connectivity index (χ1v) is 10.2. The van der Waals surface area contributed by atoms with Crippen LogP contribution in [-0.2, 0) is 16.8 Å². The summed E-state index contributed by atoms with van der Waals surface area (Å²) in [6.07, 6.45) is 0.812. The molecule has 6 heteroatoms. The number of methoxy groups -OCH3 is 1. The van der Waals surface area contributed by atoms with Crippen LogP contribution in [0, 0.1) is 0 Å². The predicted octanol–water partition coefficient (Wildman–Crippen LogP) is 3.33. The number of nitrogens with two attached hydrogens (primary N) is 1. The van der Waals surface area contributed by atoms with E-state index in [1.165, 1.54) is 4.90 Å². The van der Waals surface area contributed by atoms with Gasteiger partial charge in [0, 0.05) is 13.5 Å². The third-order valence-electron chi connectivity index (χ3n) is 6.03. The highest BCUT2D eigenvalue weighted by Crippen LogP contribution is 2.42. The average molecular weight is 413 g/mol. The number of likely N-dealkylation sites (N-methyl/N-ethyl adjacent to an activating group) is 1. The molecule has 0 spiro atoms. The lowest BCUT2D eigenvalue weighted by atomic mass is 9.81. The Hall–Kier alpha value is -3.80. The van der Waals surface area contributed by atoms with Crippen LogP contribution in [0.3, 0.4) is 0 Å². The molecule has 1 atom stereocenters. The van der Waals surface area contributed by atoms with Crippen molar-refractivity contribution in [3.05, 3.63) is 83.4 Å². The van der Waals surface area contributed by atoms with E-state index in [-0.39, 0.29) is 11.9 Å². The van der Waals surface area contributed by atoms with Gasteiger partial charge in [-0.15, -0.1) is 0 Å². The lowest BCUT2D eigenvalue weighted by Crippen LogP contribution is -2.41. The summed E-state index contributed by atoms with van der Waals surface area (Å²) in [5.74, 6) is 1.66. The first-order valence-electron chi connectivity index (χ1n) is 10.2. The molecule has 0 saturated heterocycles. The van der Waals surface area contributed by atoms with Crippen LogP contribution >= 0.6 is 0 Å². The topological polar surface area (TPSA) is 77.2 Å². The minimum absolute atomic E-state index is 0.174. The van der Waals surface area contributed by atoms with Crippen molar-refractivity contribution in [2.75, 3.05) is 20.8 Å². The number of nitrogens with zero attached hydrogens (tertiary/aromatic N) is 2. The second-order valence-corrected chi connectivity index (χ2v) is 7.78. The highest BCUT2D eigenvalue weighted by molar-refractivity contribution is 6.09. The number of benzene rings is 3. The molecule has 2 aliphatic rings. The number of fused-ring (bicyclic) bond motifs is 1. The summed E-state index contributed by atoms with van der Waals surface area (Å²) in [5, 5.41) is 0. The Morgan fingerprint density at radius 2 is 1.77 bits per heavy atom. The molecule has 3 aromatic rings. The Morgan fingerprint density at radius 3 is 2.52 bits per heavy atom. The third-order valence-corrected chi connectivity index (χ3v) is 6.03. The lowest BCUT2D eigenvalue weighted by molar-refractivity contribution is -0.129. The maximum Gasteiger partial charge on any atom is 0.266 e. The molecule has 2 heterocycles. The van der Waals surface area contributed by atoms with Crippen molar-refractivity contribution in [1.29, 1.82) is 0 Å². The molecule has 156 valence electrons. The van der Waals surface area contributed by atoms with Gasteiger partial charge in [-0.1, -0.05) is 36.4 Å². The molecular formula is C25H23N3O3. The van der Waals surface area contributed by atoms with E-state index in [0.29, 0.717) is 6.61 Å². The van der Waals surface area contributed by atoms with Gasteiger partial charge in [0.2, 0.25) is 0 Å². The van der Waals surface area contributed by atoms with Gasteiger partial charge in [-0.3, -0.25) is 9.69 Å². The van der Waals surface area contributed by atoms with Crippen molar-refractivity contribution in [2.24, 2.45) is 10.7 Å². The van der Waals surface area contributed by atoms with Crippen LogP contribution < -0.4 is 15.2 Å². The van der Waals surface area contributed by atoms with Crippen molar-refractivity contribution >= 4 is 11.9 Å². The van der Waals surface area contributed by atoms with E-state index in [4.69, 9.17) is 20.2 Å². The summed E-state index contributed by atoms with van der Waals surface area (Å²) in [6.45, 7) is 0.649. The predicted molar refractivity (Wildman–Crippen MR) is 119 cm³/mol. The minimum Gasteiger partial charge on any atom is -0.497 e. The van der Waals surface area contributed by atoms with E-state index < -0.39 is 5.54 Å². The largest absolute Gasteiger partial charge is 0.497 e. The van der Waals surface area contributed by atoms with Crippen LogP contribution in [-0.4, -0.2) is 37.5 Å². The number of aliphatic imine (C=N–C) groups is 1. The van der Waals surface area contributed by atoms with Crippen molar-refractivity contribution in [2.45, 2.75) is 12.0 Å². The molecule has 0 radical (unpaired) electrons. The Balaban J connectivity index is 1.69. The van der Waals surface area contributed by atoms with Crippen LogP contribution in [0.25, 0.3) is 11.1 Å². The van der Waals surface area contributed by atoms with E-state index in [1.807, 2.05) is 66.7 Å². The number of rotatable bonds is 4. The van der Waals surface area contributed by atoms with Crippen molar-refractivity contribution in [3.63, 3.8) is 0 Å². The van der Waals surface area contributed by atoms with Crippen LogP contribution in [0.15, 0.2) is 71.7 Å². The second-order valence-electron chi connectivity index (χ2n) is 7.78. The zero-order valence-corrected chi connectivity index (χ0v) is 17.5. The Morgan fingerprint density at radius 1 is 1.03 bits per heavy atom. The summed E-state index contributed by atoms with van der Waals surface area (Å²) in [6, 6.07) is 21.6. The number of amides is 1. The highest BCUT2D eigenvalue weighted by atomic mass is 16.5. The fourth-order valence-corrected chi connectivity index (χ4v) is 4.32. The lowest BCUT2D eigenvalue weighted by Gasteiger charge is -2.27. The molecule has 1 unspecified atom stereocenters. The molecular weight excluding hydrogens is 390 g/mol. The molecule has 0 aromatic heterocycles. The zero-order chi connectivity index (χ0) is 21.6. The Kier molecular flexibility index (Phi) is 4.43. The van der Waals surface area contributed by atoms with E-state index >= 15 is 0 Å². The summed E-state index contributed by atoms with van der Waals surface area (Å²) in [4.78, 5) is 19.7. The van der Waals surface area contributed by atoms with Gasteiger partial charge in [0.1, 0.15) is 11.5 Å². The number of ether oxygens (including phenoxy) is 2. The van der Waals surface area contributed by atoms with Crippen LogP contribution in [0.5, 0.6) is 11.5 Å². The molecule has 0 saturated carbocycles. The van der Waals surface area contributed by atoms with Gasteiger partial charge in [0.15, 0.2) is 11.5 Å². The minimum atomic E-state index is -1.23. The molecule has 2 aliphatic heterocycles. The van der Waals surface area contributed by atoms with E-state index in [2.05, 4.69) is 0 Å². The first-order chi connectivity index (χ1) is 15.0. The first kappa shape index (κ1) is 19.2. The van der Waals surface area contributed by atoms with Gasteiger partial charge in [-0.2, -0.15) is 0 Å². The summed E-state index contributed by atoms with van der Waals surface area (Å²) >= 11 is 0. The number of hydrogen-bond donors (Lipinski definition) is 1. The summed E-state index contributed by atoms with van der Waals surface area (Å²) < 4.78 is 11.0. The van der Waals surface area contributed by atoms with Gasteiger partial charge >= 0.3 is 0 Å². The fourth-order valence-electron chi connectivity index (χ4n) is 4.32. The molecule has 31 heavy (non-hydrogen) atoms. The summed E-state index contributed by atoms with van der Waals surface area (Å²) in [7, 11) is 3.30. The van der Waals surface area contributed by atoms with Crippen LogP contribution in [0.1, 0.15) is 16.7 Å². The number of carbonyl (C=O) groups is 1. The fraction of sp³-hybridized carbons (Fsp3) is 0.200. The number of guanidine groups is 1. The monoisotopic (exact) mass is 413 g/mol. The molecule has 1 amide bonds. The smallest absolute Gasteiger partial charge is 0.266 e. The molecule has 5 rings (SSSR count). The standard InChI is InChI=1S/C25H23N3O3/c1-28-23(29)25(27-24(28)26,20-9-10-22-18(14-20)11-12-31-22)19-7-3-5-16(13-19)17-6-4-8-21(15-17)30-2/h3-10,13-15H,11-12H2,1-2H3,(H2,26,27). The Labute approximate surface area is 180 Å². The van der Waals surface area contributed by atoms with Gasteiger partial charge < -0.3 is 15.2 Å². The molecule has 6 nitrogen and oxygen atoms in total. The van der Waals surface area contributed by atoms with Gasteiger partial charge in [-0.05, 0) is 58.1 Å².